The Bertz CT molecular complexity index is 493. The van der Waals surface area contributed by atoms with Crippen LogP contribution in [-0.2, 0) is 5.88 Å². The first-order valence-electron chi connectivity index (χ1n) is 6.53. The number of alkyl halides is 1. The molecule has 2 nitrogen and oxygen atoms in total. The Morgan fingerprint density at radius 2 is 2.21 bits per heavy atom. The molecule has 1 aromatic rings. The number of hydrogen-bond donors (Lipinski definition) is 0. The third kappa shape index (κ3) is 3.58. The van der Waals surface area contributed by atoms with Crippen molar-refractivity contribution in [2.24, 2.45) is 0 Å². The fraction of sp³-hybridized carbons (Fsp3) is 0.533. The summed E-state index contributed by atoms with van der Waals surface area (Å²) in [5, 5.41) is 9.32. The van der Waals surface area contributed by atoms with Crippen molar-refractivity contribution in [3.63, 3.8) is 0 Å². The van der Waals surface area contributed by atoms with E-state index in [0.29, 0.717) is 10.6 Å². The van der Waals surface area contributed by atoms with Gasteiger partial charge in [-0.1, -0.05) is 19.9 Å². The van der Waals surface area contributed by atoms with E-state index < -0.39 is 0 Å². The highest BCUT2D eigenvalue weighted by molar-refractivity contribution is 8.00. The highest BCUT2D eigenvalue weighted by Gasteiger charge is 2.24. The number of nitrogens with zero attached hydrogens (tertiary/aromatic N) is 2. The standard InChI is InChI=1S/C15H19ClN2S/c1-15(2)5-6-18(7-8-19-15)14-4-3-12(10-16)9-13(14)11-17/h3-4,9H,5-8,10H2,1-2H3. The van der Waals surface area contributed by atoms with Gasteiger partial charge in [-0.25, -0.2) is 0 Å². The van der Waals surface area contributed by atoms with Crippen LogP contribution in [-0.4, -0.2) is 23.6 Å². The summed E-state index contributed by atoms with van der Waals surface area (Å²) in [6.45, 7) is 6.60. The molecule has 0 saturated carbocycles. The largest absolute Gasteiger partial charge is 0.370 e. The highest BCUT2D eigenvalue weighted by atomic mass is 35.5. The Labute approximate surface area is 124 Å². The molecule has 0 amide bonds. The number of nitriles is 1. The summed E-state index contributed by atoms with van der Waals surface area (Å²) < 4.78 is 0.331. The van der Waals surface area contributed by atoms with E-state index in [2.05, 4.69) is 24.8 Å². The van der Waals surface area contributed by atoms with Gasteiger partial charge in [0.15, 0.2) is 0 Å². The van der Waals surface area contributed by atoms with Gasteiger partial charge in [0.2, 0.25) is 0 Å². The smallest absolute Gasteiger partial charge is 0.101 e. The van der Waals surface area contributed by atoms with Crippen LogP contribution in [0.4, 0.5) is 5.69 Å². The van der Waals surface area contributed by atoms with E-state index >= 15 is 0 Å². The lowest BCUT2D eigenvalue weighted by Crippen LogP contribution is -2.27. The van der Waals surface area contributed by atoms with Crippen LogP contribution in [0.1, 0.15) is 31.4 Å². The van der Waals surface area contributed by atoms with Crippen LogP contribution >= 0.6 is 23.4 Å². The van der Waals surface area contributed by atoms with Gasteiger partial charge in [0.1, 0.15) is 6.07 Å². The maximum absolute atomic E-state index is 9.32. The summed E-state index contributed by atoms with van der Waals surface area (Å²) in [4.78, 5) is 2.33. The second-order valence-corrected chi connectivity index (χ2v) is 7.51. The van der Waals surface area contributed by atoms with Crippen molar-refractivity contribution in [3.8, 4) is 6.07 Å². The zero-order valence-corrected chi connectivity index (χ0v) is 13.0. The summed E-state index contributed by atoms with van der Waals surface area (Å²) >= 11 is 7.85. The molecule has 0 aliphatic carbocycles. The Kier molecular flexibility index (Phi) is 4.65. The Balaban J connectivity index is 2.24. The molecule has 0 spiro atoms. The van der Waals surface area contributed by atoms with Gasteiger partial charge in [-0.3, -0.25) is 0 Å². The molecule has 0 unspecified atom stereocenters. The van der Waals surface area contributed by atoms with Crippen LogP contribution in [0.25, 0.3) is 0 Å². The molecule has 102 valence electrons. The van der Waals surface area contributed by atoms with Gasteiger partial charge in [-0.15, -0.1) is 11.6 Å². The molecule has 1 aliphatic rings. The van der Waals surface area contributed by atoms with Crippen LogP contribution in [0.15, 0.2) is 18.2 Å². The molecular weight excluding hydrogens is 276 g/mol. The van der Waals surface area contributed by atoms with Gasteiger partial charge in [-0.05, 0) is 24.1 Å². The molecule has 4 heteroatoms. The van der Waals surface area contributed by atoms with Crippen molar-refractivity contribution >= 4 is 29.1 Å². The van der Waals surface area contributed by atoms with E-state index in [1.807, 2.05) is 30.0 Å². The van der Waals surface area contributed by atoms with E-state index in [9.17, 15) is 5.26 Å². The second kappa shape index (κ2) is 6.07. The maximum Gasteiger partial charge on any atom is 0.101 e. The molecule has 1 aliphatic heterocycles. The van der Waals surface area contributed by atoms with Gasteiger partial charge >= 0.3 is 0 Å². The lowest BCUT2D eigenvalue weighted by molar-refractivity contribution is 0.637. The topological polar surface area (TPSA) is 27.0 Å². The third-order valence-electron chi connectivity index (χ3n) is 3.51. The number of hydrogen-bond acceptors (Lipinski definition) is 3. The monoisotopic (exact) mass is 294 g/mol. The maximum atomic E-state index is 9.32. The van der Waals surface area contributed by atoms with Gasteiger partial charge in [-0.2, -0.15) is 17.0 Å². The molecule has 2 rings (SSSR count). The molecule has 1 saturated heterocycles. The Morgan fingerprint density at radius 1 is 1.42 bits per heavy atom. The Morgan fingerprint density at radius 3 is 2.89 bits per heavy atom. The average Bonchev–Trinajstić information content (AvgIpc) is 2.59. The molecule has 1 fully saturated rings. The Hall–Kier alpha value is -0.850. The van der Waals surface area contributed by atoms with Crippen molar-refractivity contribution in [3.05, 3.63) is 29.3 Å². The minimum absolute atomic E-state index is 0.331. The van der Waals surface area contributed by atoms with Gasteiger partial charge < -0.3 is 4.90 Å². The van der Waals surface area contributed by atoms with Crippen LogP contribution in [0.3, 0.4) is 0 Å². The van der Waals surface area contributed by atoms with Crippen LogP contribution in [0.2, 0.25) is 0 Å². The molecule has 0 bridgehead atoms. The van der Waals surface area contributed by atoms with Crippen molar-refractivity contribution in [2.75, 3.05) is 23.7 Å². The summed E-state index contributed by atoms with van der Waals surface area (Å²) in [7, 11) is 0. The second-order valence-electron chi connectivity index (χ2n) is 5.44. The van der Waals surface area contributed by atoms with Crippen molar-refractivity contribution < 1.29 is 0 Å². The van der Waals surface area contributed by atoms with E-state index in [1.54, 1.807) is 0 Å². The first-order valence-corrected chi connectivity index (χ1v) is 8.05. The predicted octanol–water partition coefficient (Wildman–Crippen LogP) is 4.02. The normalized spacial score (nSPS) is 18.7. The molecular formula is C15H19ClN2S. The minimum Gasteiger partial charge on any atom is -0.370 e. The first-order chi connectivity index (χ1) is 9.05. The van der Waals surface area contributed by atoms with Crippen molar-refractivity contribution in [1.82, 2.24) is 0 Å². The predicted molar refractivity (Wildman–Crippen MR) is 84.1 cm³/mol. The van der Waals surface area contributed by atoms with Gasteiger partial charge in [0.05, 0.1) is 11.3 Å². The summed E-state index contributed by atoms with van der Waals surface area (Å²) in [6, 6.07) is 8.27. The van der Waals surface area contributed by atoms with Crippen molar-refractivity contribution in [2.45, 2.75) is 30.9 Å². The lowest BCUT2D eigenvalue weighted by Gasteiger charge is -2.25. The summed E-state index contributed by atoms with van der Waals surface area (Å²) in [6.07, 6.45) is 1.14. The van der Waals surface area contributed by atoms with Crippen LogP contribution < -0.4 is 4.90 Å². The van der Waals surface area contributed by atoms with Crippen molar-refractivity contribution in [1.29, 1.82) is 5.26 Å². The average molecular weight is 295 g/mol. The van der Waals surface area contributed by atoms with Gasteiger partial charge in [0.25, 0.3) is 0 Å². The molecule has 0 radical (unpaired) electrons. The molecule has 1 heterocycles. The minimum atomic E-state index is 0.331. The molecule has 0 N–H and O–H groups in total. The van der Waals surface area contributed by atoms with Gasteiger partial charge in [0, 0.05) is 29.5 Å². The molecule has 0 atom stereocenters. The van der Waals surface area contributed by atoms with E-state index in [0.717, 1.165) is 42.1 Å². The zero-order valence-electron chi connectivity index (χ0n) is 11.4. The fourth-order valence-corrected chi connectivity index (χ4v) is 3.56. The number of benzene rings is 1. The first kappa shape index (κ1) is 14.6. The molecule has 0 aromatic heterocycles. The van der Waals surface area contributed by atoms with Crippen LogP contribution in [0, 0.1) is 11.3 Å². The highest BCUT2D eigenvalue weighted by Crippen LogP contribution is 2.33. The zero-order chi connectivity index (χ0) is 13.9. The molecule has 19 heavy (non-hydrogen) atoms. The summed E-state index contributed by atoms with van der Waals surface area (Å²) in [5.74, 6) is 1.56. The number of thioether (sulfide) groups is 1. The van der Waals surface area contributed by atoms with E-state index in [-0.39, 0.29) is 0 Å². The summed E-state index contributed by atoms with van der Waals surface area (Å²) in [5.41, 5.74) is 2.80. The van der Waals surface area contributed by atoms with Crippen LogP contribution in [0.5, 0.6) is 0 Å². The third-order valence-corrected chi connectivity index (χ3v) is 5.20. The number of rotatable bonds is 2. The SMILES string of the molecule is CC1(C)CCN(c2ccc(CCl)cc2C#N)CCS1. The lowest BCUT2D eigenvalue weighted by atomic mass is 10.1. The number of anilines is 1. The fourth-order valence-electron chi connectivity index (χ4n) is 2.29. The quantitative estimate of drug-likeness (QED) is 0.771. The molecule has 1 aromatic carbocycles. The van der Waals surface area contributed by atoms with E-state index in [4.69, 9.17) is 11.6 Å². The number of halogens is 1. The van der Waals surface area contributed by atoms with E-state index in [1.165, 1.54) is 0 Å².